The molecule has 0 aromatic heterocycles. The predicted molar refractivity (Wildman–Crippen MR) is 81.4 cm³/mol. The van der Waals surface area contributed by atoms with Crippen molar-refractivity contribution in [1.82, 2.24) is 10.0 Å². The Morgan fingerprint density at radius 3 is 2.75 bits per heavy atom. The maximum absolute atomic E-state index is 12.3. The van der Waals surface area contributed by atoms with E-state index in [9.17, 15) is 8.42 Å². The highest BCUT2D eigenvalue weighted by molar-refractivity contribution is 7.89. The van der Waals surface area contributed by atoms with Crippen LogP contribution in [0.3, 0.4) is 0 Å². The molecule has 1 fully saturated rings. The maximum atomic E-state index is 12.3. The lowest BCUT2D eigenvalue weighted by molar-refractivity contribution is 0.572. The minimum Gasteiger partial charge on any atom is -0.316 e. The molecule has 0 saturated heterocycles. The molecule has 0 atom stereocenters. The molecule has 112 valence electrons. The van der Waals surface area contributed by atoms with E-state index in [1.165, 1.54) is 12.8 Å². The minimum atomic E-state index is -3.52. The molecule has 1 aromatic rings. The number of halogens is 1. The fourth-order valence-electron chi connectivity index (χ4n) is 2.15. The van der Waals surface area contributed by atoms with E-state index in [0.29, 0.717) is 13.1 Å². The van der Waals surface area contributed by atoms with Gasteiger partial charge in [0.15, 0.2) is 0 Å². The molecular formula is C14H21ClN2O2S. The summed E-state index contributed by atoms with van der Waals surface area (Å²) in [6.07, 6.45) is 4.59. The Morgan fingerprint density at radius 1 is 1.35 bits per heavy atom. The normalized spacial score (nSPS) is 15.5. The van der Waals surface area contributed by atoms with Crippen molar-refractivity contribution in [3.05, 3.63) is 28.8 Å². The van der Waals surface area contributed by atoms with Gasteiger partial charge in [-0.1, -0.05) is 30.5 Å². The highest BCUT2D eigenvalue weighted by Crippen LogP contribution is 2.33. The number of sulfonamides is 1. The molecule has 1 aromatic carbocycles. The van der Waals surface area contributed by atoms with Gasteiger partial charge in [-0.25, -0.2) is 13.1 Å². The Hall–Kier alpha value is -0.620. The third kappa shape index (κ3) is 4.45. The van der Waals surface area contributed by atoms with E-state index < -0.39 is 10.0 Å². The van der Waals surface area contributed by atoms with Gasteiger partial charge in [0, 0.05) is 13.1 Å². The van der Waals surface area contributed by atoms with Gasteiger partial charge in [0.2, 0.25) is 10.0 Å². The third-order valence-electron chi connectivity index (χ3n) is 3.44. The molecule has 0 radical (unpaired) electrons. The van der Waals surface area contributed by atoms with E-state index in [2.05, 4.69) is 10.0 Å². The summed E-state index contributed by atoms with van der Waals surface area (Å²) < 4.78 is 27.1. The molecule has 1 aliphatic rings. The zero-order chi connectivity index (χ0) is 14.6. The first-order valence-electron chi connectivity index (χ1n) is 6.95. The number of hydrogen-bond acceptors (Lipinski definition) is 3. The Labute approximate surface area is 126 Å². The molecule has 4 nitrogen and oxygen atoms in total. The molecule has 20 heavy (non-hydrogen) atoms. The molecule has 1 aliphatic carbocycles. The largest absolute Gasteiger partial charge is 0.316 e. The molecule has 2 rings (SSSR count). The first-order chi connectivity index (χ1) is 9.53. The van der Waals surface area contributed by atoms with Crippen molar-refractivity contribution in [3.8, 4) is 0 Å². The summed E-state index contributed by atoms with van der Waals surface area (Å²) in [5.41, 5.74) is 0.898. The molecule has 0 bridgehead atoms. The molecule has 1 saturated carbocycles. The van der Waals surface area contributed by atoms with Crippen LogP contribution in [0.4, 0.5) is 0 Å². The van der Waals surface area contributed by atoms with Gasteiger partial charge in [-0.15, -0.1) is 0 Å². The van der Waals surface area contributed by atoms with Crippen molar-refractivity contribution in [1.29, 1.82) is 0 Å². The van der Waals surface area contributed by atoms with Gasteiger partial charge in [-0.05, 0) is 43.5 Å². The summed E-state index contributed by atoms with van der Waals surface area (Å²) in [7, 11) is -1.70. The first-order valence-corrected chi connectivity index (χ1v) is 8.82. The molecule has 0 spiro atoms. The lowest BCUT2D eigenvalue weighted by atomic mass is 10.2. The van der Waals surface area contributed by atoms with Gasteiger partial charge < -0.3 is 5.32 Å². The molecular weight excluding hydrogens is 296 g/mol. The van der Waals surface area contributed by atoms with E-state index in [1.54, 1.807) is 12.1 Å². The van der Waals surface area contributed by atoms with E-state index in [4.69, 9.17) is 11.6 Å². The number of rotatable bonds is 8. The fraction of sp³-hybridized carbons (Fsp3) is 0.571. The summed E-state index contributed by atoms with van der Waals surface area (Å²) in [6.45, 7) is 1.09. The number of benzene rings is 1. The average molecular weight is 317 g/mol. The third-order valence-corrected chi connectivity index (χ3v) is 5.39. The van der Waals surface area contributed by atoms with Gasteiger partial charge >= 0.3 is 0 Å². The lowest BCUT2D eigenvalue weighted by Gasteiger charge is -2.10. The maximum Gasteiger partial charge on any atom is 0.242 e. The van der Waals surface area contributed by atoms with Crippen LogP contribution in [0.1, 0.15) is 31.2 Å². The number of hydrogen-bond donors (Lipinski definition) is 2. The van der Waals surface area contributed by atoms with Crippen LogP contribution in [-0.4, -0.2) is 22.0 Å². The second-order valence-corrected chi connectivity index (χ2v) is 7.42. The van der Waals surface area contributed by atoms with E-state index in [1.807, 2.05) is 13.1 Å². The summed E-state index contributed by atoms with van der Waals surface area (Å²) >= 11 is 6.01. The number of nitrogens with one attached hydrogen (secondary N) is 2. The van der Waals surface area contributed by atoms with Crippen molar-refractivity contribution < 1.29 is 8.42 Å². The van der Waals surface area contributed by atoms with Crippen molar-refractivity contribution in [2.24, 2.45) is 5.92 Å². The van der Waals surface area contributed by atoms with Crippen LogP contribution < -0.4 is 10.0 Å². The van der Waals surface area contributed by atoms with Crippen molar-refractivity contribution in [2.45, 2.75) is 37.1 Å². The monoisotopic (exact) mass is 316 g/mol. The Kier molecular flexibility index (Phi) is 5.43. The topological polar surface area (TPSA) is 58.2 Å². The second-order valence-electron chi connectivity index (χ2n) is 5.28. The van der Waals surface area contributed by atoms with Gasteiger partial charge in [0.1, 0.15) is 4.90 Å². The van der Waals surface area contributed by atoms with Crippen molar-refractivity contribution in [3.63, 3.8) is 0 Å². The van der Waals surface area contributed by atoms with Crippen LogP contribution in [-0.2, 0) is 16.6 Å². The van der Waals surface area contributed by atoms with Crippen LogP contribution >= 0.6 is 11.6 Å². The Morgan fingerprint density at radius 2 is 2.10 bits per heavy atom. The highest BCUT2D eigenvalue weighted by atomic mass is 35.5. The summed E-state index contributed by atoms with van der Waals surface area (Å²) in [5, 5.41) is 3.26. The molecule has 0 amide bonds. The minimum absolute atomic E-state index is 0.165. The zero-order valence-corrected chi connectivity index (χ0v) is 13.2. The second kappa shape index (κ2) is 6.89. The molecule has 0 heterocycles. The Bertz CT molecular complexity index is 556. The summed E-state index contributed by atoms with van der Waals surface area (Å²) in [5.74, 6) is 0.821. The van der Waals surface area contributed by atoms with Crippen LogP contribution in [0.5, 0.6) is 0 Å². The molecule has 2 N–H and O–H groups in total. The van der Waals surface area contributed by atoms with Gasteiger partial charge in [-0.3, -0.25) is 0 Å². The summed E-state index contributed by atoms with van der Waals surface area (Å²) in [6, 6.07) is 5.08. The van der Waals surface area contributed by atoms with Crippen molar-refractivity contribution in [2.75, 3.05) is 13.6 Å². The van der Waals surface area contributed by atoms with Crippen LogP contribution in [0.15, 0.2) is 23.1 Å². The van der Waals surface area contributed by atoms with E-state index in [-0.39, 0.29) is 9.92 Å². The van der Waals surface area contributed by atoms with Gasteiger partial charge in [-0.2, -0.15) is 0 Å². The summed E-state index contributed by atoms with van der Waals surface area (Å²) in [4.78, 5) is 0.165. The molecule has 0 unspecified atom stereocenters. The fourth-order valence-corrected chi connectivity index (χ4v) is 3.77. The zero-order valence-electron chi connectivity index (χ0n) is 11.7. The lowest BCUT2D eigenvalue weighted by Crippen LogP contribution is -2.25. The van der Waals surface area contributed by atoms with Gasteiger partial charge in [0.25, 0.3) is 0 Å². The quantitative estimate of drug-likeness (QED) is 0.725. The first kappa shape index (κ1) is 15.8. The molecule has 0 aliphatic heterocycles. The van der Waals surface area contributed by atoms with E-state index in [0.717, 1.165) is 24.3 Å². The highest BCUT2D eigenvalue weighted by Gasteiger charge is 2.21. The average Bonchev–Trinajstić information content (AvgIpc) is 3.21. The van der Waals surface area contributed by atoms with Crippen molar-refractivity contribution >= 4 is 21.6 Å². The van der Waals surface area contributed by atoms with Crippen LogP contribution in [0, 0.1) is 5.92 Å². The predicted octanol–water partition coefficient (Wildman–Crippen LogP) is 2.53. The van der Waals surface area contributed by atoms with Crippen LogP contribution in [0.25, 0.3) is 0 Å². The Balaban J connectivity index is 2.00. The van der Waals surface area contributed by atoms with Crippen LogP contribution in [0.2, 0.25) is 5.02 Å². The smallest absolute Gasteiger partial charge is 0.242 e. The van der Waals surface area contributed by atoms with E-state index >= 15 is 0 Å². The SMILES string of the molecule is CNCc1ccc(Cl)c(S(=O)(=O)NCCCC2CC2)c1. The van der Waals surface area contributed by atoms with Gasteiger partial charge in [0.05, 0.1) is 5.02 Å². The standard InChI is InChI=1S/C14H21ClN2O2S/c1-16-10-12-6-7-13(15)14(9-12)20(18,19)17-8-2-3-11-4-5-11/h6-7,9,11,16-17H,2-5,8,10H2,1H3. The molecule has 6 heteroatoms.